The summed E-state index contributed by atoms with van der Waals surface area (Å²) in [7, 11) is 0. The zero-order chi connectivity index (χ0) is 23.8. The van der Waals surface area contributed by atoms with Crippen molar-refractivity contribution in [3.8, 4) is 11.5 Å². The van der Waals surface area contributed by atoms with Crippen LogP contribution >= 0.6 is 23.1 Å². The van der Waals surface area contributed by atoms with Crippen molar-refractivity contribution in [1.29, 1.82) is 0 Å². The highest BCUT2D eigenvalue weighted by Crippen LogP contribution is 2.27. The van der Waals surface area contributed by atoms with Crippen LogP contribution in [0, 0.1) is 0 Å². The molecule has 1 heterocycles. The zero-order valence-electron chi connectivity index (χ0n) is 17.0. The standard InChI is InChI=1S/C20H17F3N4O4S2/c1-2-30-14-7-3-12(4-8-14)17(29)25-18-26-27-19(33-18)32-11-16(28)24-13-5-9-15(10-6-13)31-20(21,22)23/h3-10H,2,11H2,1H3,(H,24,28)(H,25,26,29). The Balaban J connectivity index is 1.46. The number of amides is 2. The van der Waals surface area contributed by atoms with Gasteiger partial charge < -0.3 is 14.8 Å². The van der Waals surface area contributed by atoms with Crippen LogP contribution in [0.1, 0.15) is 17.3 Å². The summed E-state index contributed by atoms with van der Waals surface area (Å²) in [6, 6.07) is 11.4. The minimum atomic E-state index is -4.78. The second kappa shape index (κ2) is 11.0. The molecule has 0 atom stereocenters. The molecule has 174 valence electrons. The molecule has 33 heavy (non-hydrogen) atoms. The molecular weight excluding hydrogens is 481 g/mol. The van der Waals surface area contributed by atoms with E-state index in [0.29, 0.717) is 27.9 Å². The first-order valence-electron chi connectivity index (χ1n) is 9.38. The van der Waals surface area contributed by atoms with Crippen LogP contribution in [0.5, 0.6) is 11.5 Å². The molecule has 2 aromatic carbocycles. The van der Waals surface area contributed by atoms with E-state index in [1.165, 1.54) is 12.1 Å². The molecule has 2 amide bonds. The Morgan fingerprint density at radius 2 is 1.67 bits per heavy atom. The number of benzene rings is 2. The van der Waals surface area contributed by atoms with Crippen molar-refractivity contribution in [1.82, 2.24) is 10.2 Å². The monoisotopic (exact) mass is 498 g/mol. The fourth-order valence-electron chi connectivity index (χ4n) is 2.42. The minimum absolute atomic E-state index is 0.0116. The number of thioether (sulfide) groups is 1. The fourth-order valence-corrected chi connectivity index (χ4v) is 3.97. The molecule has 2 N–H and O–H groups in total. The average Bonchev–Trinajstić information content (AvgIpc) is 3.21. The predicted octanol–water partition coefficient (Wildman–Crippen LogP) is 4.82. The summed E-state index contributed by atoms with van der Waals surface area (Å²) in [4.78, 5) is 24.4. The first-order valence-corrected chi connectivity index (χ1v) is 11.2. The Morgan fingerprint density at radius 3 is 2.30 bits per heavy atom. The highest BCUT2D eigenvalue weighted by molar-refractivity contribution is 8.01. The number of alkyl halides is 3. The average molecular weight is 499 g/mol. The summed E-state index contributed by atoms with van der Waals surface area (Å²) in [5, 5.41) is 13.3. The lowest BCUT2D eigenvalue weighted by Crippen LogP contribution is -2.17. The van der Waals surface area contributed by atoms with Crippen LogP contribution in [0.3, 0.4) is 0 Å². The van der Waals surface area contributed by atoms with E-state index in [4.69, 9.17) is 4.74 Å². The van der Waals surface area contributed by atoms with Crippen molar-refractivity contribution < 1.29 is 32.2 Å². The van der Waals surface area contributed by atoms with Crippen molar-refractivity contribution in [3.63, 3.8) is 0 Å². The van der Waals surface area contributed by atoms with E-state index in [1.807, 2.05) is 6.92 Å². The molecule has 0 fully saturated rings. The SMILES string of the molecule is CCOc1ccc(C(=O)Nc2nnc(SCC(=O)Nc3ccc(OC(F)(F)F)cc3)s2)cc1. The number of ether oxygens (including phenoxy) is 2. The summed E-state index contributed by atoms with van der Waals surface area (Å²) in [6.45, 7) is 2.39. The molecule has 3 aromatic rings. The number of aromatic nitrogens is 2. The van der Waals surface area contributed by atoms with E-state index < -0.39 is 6.36 Å². The maximum atomic E-state index is 12.3. The minimum Gasteiger partial charge on any atom is -0.494 e. The quantitative estimate of drug-likeness (QED) is 0.322. The summed E-state index contributed by atoms with van der Waals surface area (Å²) >= 11 is 2.21. The highest BCUT2D eigenvalue weighted by Gasteiger charge is 2.31. The molecule has 0 aliphatic carbocycles. The third-order valence-electron chi connectivity index (χ3n) is 3.75. The van der Waals surface area contributed by atoms with Crippen molar-refractivity contribution >= 4 is 45.7 Å². The van der Waals surface area contributed by atoms with Gasteiger partial charge in [0.05, 0.1) is 12.4 Å². The Bertz CT molecular complexity index is 1090. The molecule has 0 aliphatic rings. The van der Waals surface area contributed by atoms with Crippen LogP contribution in [0.25, 0.3) is 0 Å². The third-order valence-corrected chi connectivity index (χ3v) is 5.72. The van der Waals surface area contributed by atoms with Crippen LogP contribution in [-0.4, -0.2) is 40.7 Å². The zero-order valence-corrected chi connectivity index (χ0v) is 18.6. The maximum Gasteiger partial charge on any atom is 0.573 e. The van der Waals surface area contributed by atoms with Gasteiger partial charge in [-0.15, -0.1) is 23.4 Å². The fraction of sp³-hybridized carbons (Fsp3) is 0.200. The number of nitrogens with zero attached hydrogens (tertiary/aromatic N) is 2. The lowest BCUT2D eigenvalue weighted by molar-refractivity contribution is -0.274. The molecule has 13 heteroatoms. The van der Waals surface area contributed by atoms with Crippen LogP contribution in [0.15, 0.2) is 52.9 Å². The van der Waals surface area contributed by atoms with Gasteiger partial charge in [0.25, 0.3) is 5.91 Å². The second-order valence-electron chi connectivity index (χ2n) is 6.19. The molecule has 0 unspecified atom stereocenters. The summed E-state index contributed by atoms with van der Waals surface area (Å²) in [5.74, 6) is -0.486. The topological polar surface area (TPSA) is 102 Å². The maximum absolute atomic E-state index is 12.3. The van der Waals surface area contributed by atoms with Crippen LogP contribution < -0.4 is 20.1 Å². The molecule has 0 saturated carbocycles. The number of carbonyl (C=O) groups excluding carboxylic acids is 2. The summed E-state index contributed by atoms with van der Waals surface area (Å²) < 4.78 is 46.1. The number of carbonyl (C=O) groups is 2. The van der Waals surface area contributed by atoms with Gasteiger partial charge in [0.2, 0.25) is 11.0 Å². The van der Waals surface area contributed by atoms with Crippen LogP contribution in [-0.2, 0) is 4.79 Å². The van der Waals surface area contributed by atoms with E-state index in [-0.39, 0.29) is 28.4 Å². The number of anilines is 2. The number of nitrogens with one attached hydrogen (secondary N) is 2. The molecule has 8 nitrogen and oxygen atoms in total. The van der Waals surface area contributed by atoms with Gasteiger partial charge in [0.15, 0.2) is 4.34 Å². The van der Waals surface area contributed by atoms with E-state index >= 15 is 0 Å². The molecular formula is C20H17F3N4O4S2. The first-order chi connectivity index (χ1) is 15.7. The normalized spacial score (nSPS) is 11.0. The molecule has 0 spiro atoms. The molecule has 0 bridgehead atoms. The van der Waals surface area contributed by atoms with Crippen molar-refractivity contribution in [2.45, 2.75) is 17.6 Å². The largest absolute Gasteiger partial charge is 0.573 e. The highest BCUT2D eigenvalue weighted by atomic mass is 32.2. The van der Waals surface area contributed by atoms with Crippen molar-refractivity contribution in [2.24, 2.45) is 0 Å². The molecule has 0 saturated heterocycles. The van der Waals surface area contributed by atoms with Gasteiger partial charge in [-0.3, -0.25) is 14.9 Å². The number of hydrogen-bond donors (Lipinski definition) is 2. The van der Waals surface area contributed by atoms with Crippen molar-refractivity contribution in [3.05, 3.63) is 54.1 Å². The van der Waals surface area contributed by atoms with Crippen molar-refractivity contribution in [2.75, 3.05) is 23.0 Å². The first kappa shape index (κ1) is 24.3. The smallest absolute Gasteiger partial charge is 0.494 e. The van der Waals surface area contributed by atoms with Gasteiger partial charge in [0.1, 0.15) is 11.5 Å². The summed E-state index contributed by atoms with van der Waals surface area (Å²) in [6.07, 6.45) is -4.78. The Labute approximate surface area is 194 Å². The van der Waals surface area contributed by atoms with E-state index in [2.05, 4.69) is 25.6 Å². The third kappa shape index (κ3) is 7.95. The molecule has 0 aliphatic heterocycles. The number of hydrogen-bond acceptors (Lipinski definition) is 8. The Kier molecular flexibility index (Phi) is 8.11. The van der Waals surface area contributed by atoms with Gasteiger partial charge in [-0.2, -0.15) is 0 Å². The predicted molar refractivity (Wildman–Crippen MR) is 118 cm³/mol. The van der Waals surface area contributed by atoms with E-state index in [9.17, 15) is 22.8 Å². The molecule has 1 aromatic heterocycles. The van der Waals surface area contributed by atoms with Gasteiger partial charge in [-0.1, -0.05) is 23.1 Å². The van der Waals surface area contributed by atoms with Gasteiger partial charge in [0, 0.05) is 11.3 Å². The van der Waals surface area contributed by atoms with E-state index in [1.54, 1.807) is 24.3 Å². The molecule has 0 radical (unpaired) electrons. The Hall–Kier alpha value is -3.32. The van der Waals surface area contributed by atoms with Gasteiger partial charge in [-0.05, 0) is 55.5 Å². The number of rotatable bonds is 9. The van der Waals surface area contributed by atoms with Gasteiger partial charge in [-0.25, -0.2) is 0 Å². The van der Waals surface area contributed by atoms with Gasteiger partial charge >= 0.3 is 6.36 Å². The second-order valence-corrected chi connectivity index (χ2v) is 8.39. The van der Waals surface area contributed by atoms with E-state index in [0.717, 1.165) is 35.2 Å². The Morgan fingerprint density at radius 1 is 1.00 bits per heavy atom. The molecule has 3 rings (SSSR count). The lowest BCUT2D eigenvalue weighted by atomic mass is 10.2. The number of halogens is 3. The lowest BCUT2D eigenvalue weighted by Gasteiger charge is -2.09. The van der Waals surface area contributed by atoms with Crippen LogP contribution in [0.2, 0.25) is 0 Å². The summed E-state index contributed by atoms with van der Waals surface area (Å²) in [5.41, 5.74) is 0.740. The van der Waals surface area contributed by atoms with Crippen LogP contribution in [0.4, 0.5) is 24.0 Å².